The lowest BCUT2D eigenvalue weighted by Gasteiger charge is -2.37. The molecule has 1 nitrogen and oxygen atoms in total. The molecule has 0 heterocycles. The second-order valence-electron chi connectivity index (χ2n) is 25.8. The molecule has 1 unspecified atom stereocenters. The Hall–Kier alpha value is -8.78. The molecule has 11 aromatic carbocycles. The summed E-state index contributed by atoms with van der Waals surface area (Å²) in [6, 6.07) is 97.2. The average molecular weight is 1040 g/mol. The van der Waals surface area contributed by atoms with Crippen molar-refractivity contribution in [3.8, 4) is 55.6 Å². The summed E-state index contributed by atoms with van der Waals surface area (Å²) in [6.45, 7) is 21.2. The van der Waals surface area contributed by atoms with Crippen LogP contribution in [0.2, 0.25) is 0 Å². The minimum atomic E-state index is -0.622. The zero-order chi connectivity index (χ0) is 55.6. The van der Waals surface area contributed by atoms with Gasteiger partial charge < -0.3 is 4.90 Å². The van der Waals surface area contributed by atoms with Crippen molar-refractivity contribution < 1.29 is 0 Å². The highest BCUT2D eigenvalue weighted by Crippen LogP contribution is 2.60. The second kappa shape index (κ2) is 18.4. The van der Waals surface area contributed by atoms with Gasteiger partial charge >= 0.3 is 0 Å². The molecule has 1 heteroatoms. The summed E-state index contributed by atoms with van der Waals surface area (Å²) in [4.78, 5) is 2.53. The van der Waals surface area contributed by atoms with Gasteiger partial charge in [-0.05, 0) is 171 Å². The molecule has 0 saturated heterocycles. The van der Waals surface area contributed by atoms with Crippen LogP contribution < -0.4 is 4.90 Å². The molecule has 81 heavy (non-hydrogen) atoms. The molecular formula is C80H69N. The standard InChI is InChI=1S/C80H69N/c1-76(2,3)54-26-21-28-56(48-54)80(57-29-22-27-55(49-57)77(4,5)6)72-39-20-17-33-64(72)67-47-45-60(51-74(67)80)81(59-44-46-66-63-32-16-19-38-71(63)79(9,73(66)50-59)53-24-11-10-12-25-53)58-42-40-52(41-43-58)61-30-13-14-31-62(61)68-35-23-36-69-65-34-15-18-37-70(65)78(7,8)75(68)69/h10-51H,1-9H3. The number of nitrogens with zero attached hydrogens (tertiary/aromatic N) is 1. The van der Waals surface area contributed by atoms with Gasteiger partial charge in [-0.15, -0.1) is 0 Å². The van der Waals surface area contributed by atoms with Gasteiger partial charge in [-0.2, -0.15) is 0 Å². The Kier molecular flexibility index (Phi) is 11.4. The van der Waals surface area contributed by atoms with Crippen molar-refractivity contribution >= 4 is 17.1 Å². The molecule has 0 aromatic heterocycles. The Bertz CT molecular complexity index is 4230. The maximum atomic E-state index is 2.54. The number of fused-ring (bicyclic) bond motifs is 9. The van der Waals surface area contributed by atoms with E-state index in [0.29, 0.717) is 0 Å². The molecule has 0 saturated carbocycles. The lowest BCUT2D eigenvalue weighted by atomic mass is 9.66. The van der Waals surface area contributed by atoms with Gasteiger partial charge in [0.05, 0.1) is 5.41 Å². The summed E-state index contributed by atoms with van der Waals surface area (Å²) < 4.78 is 0. The van der Waals surface area contributed by atoms with Crippen LogP contribution in [-0.2, 0) is 27.1 Å². The van der Waals surface area contributed by atoms with Gasteiger partial charge in [0.2, 0.25) is 0 Å². The van der Waals surface area contributed by atoms with Gasteiger partial charge in [0, 0.05) is 27.9 Å². The highest BCUT2D eigenvalue weighted by atomic mass is 15.1. The Morgan fingerprint density at radius 3 is 1.28 bits per heavy atom. The second-order valence-corrected chi connectivity index (χ2v) is 25.8. The first-order valence-corrected chi connectivity index (χ1v) is 29.1. The third-order valence-electron chi connectivity index (χ3n) is 18.8. The molecule has 3 aliphatic rings. The number of anilines is 3. The van der Waals surface area contributed by atoms with E-state index in [2.05, 4.69) is 322 Å². The highest BCUT2D eigenvalue weighted by molar-refractivity contribution is 5.95. The lowest BCUT2D eigenvalue weighted by Crippen LogP contribution is -2.30. The molecule has 394 valence electrons. The van der Waals surface area contributed by atoms with Crippen LogP contribution in [-0.4, -0.2) is 0 Å². The van der Waals surface area contributed by atoms with E-state index in [1.807, 2.05) is 0 Å². The van der Waals surface area contributed by atoms with Crippen molar-refractivity contribution in [1.82, 2.24) is 0 Å². The summed E-state index contributed by atoms with van der Waals surface area (Å²) in [5, 5.41) is 0. The molecule has 0 radical (unpaired) electrons. The van der Waals surface area contributed by atoms with Crippen molar-refractivity contribution in [1.29, 1.82) is 0 Å². The molecule has 0 amide bonds. The summed E-state index contributed by atoms with van der Waals surface area (Å²) in [5.41, 5.74) is 29.3. The first-order valence-electron chi connectivity index (χ1n) is 29.1. The number of benzene rings is 11. The lowest BCUT2D eigenvalue weighted by molar-refractivity contribution is 0.585. The van der Waals surface area contributed by atoms with Gasteiger partial charge in [0.1, 0.15) is 0 Å². The number of rotatable bonds is 8. The van der Waals surface area contributed by atoms with Crippen molar-refractivity contribution in [2.45, 2.75) is 89.4 Å². The van der Waals surface area contributed by atoms with Crippen LogP contribution in [0.5, 0.6) is 0 Å². The molecule has 0 aliphatic heterocycles. The Balaban J connectivity index is 0.993. The highest BCUT2D eigenvalue weighted by Gasteiger charge is 2.48. The van der Waals surface area contributed by atoms with Crippen LogP contribution in [0.1, 0.15) is 124 Å². The summed E-state index contributed by atoms with van der Waals surface area (Å²) >= 11 is 0. The van der Waals surface area contributed by atoms with Crippen molar-refractivity contribution in [2.75, 3.05) is 4.90 Å². The minimum Gasteiger partial charge on any atom is -0.310 e. The Morgan fingerprint density at radius 1 is 0.284 bits per heavy atom. The van der Waals surface area contributed by atoms with E-state index in [4.69, 9.17) is 0 Å². The third-order valence-corrected chi connectivity index (χ3v) is 18.8. The minimum absolute atomic E-state index is 0.0538. The van der Waals surface area contributed by atoms with Crippen LogP contribution in [0.15, 0.2) is 255 Å². The van der Waals surface area contributed by atoms with Gasteiger partial charge in [0.25, 0.3) is 0 Å². The fourth-order valence-electron chi connectivity index (χ4n) is 14.6. The van der Waals surface area contributed by atoms with E-state index in [0.717, 1.165) is 17.1 Å². The Labute approximate surface area is 480 Å². The van der Waals surface area contributed by atoms with Crippen LogP contribution in [0.25, 0.3) is 55.6 Å². The molecule has 3 aliphatic carbocycles. The van der Waals surface area contributed by atoms with E-state index in [-0.39, 0.29) is 21.7 Å². The predicted molar refractivity (Wildman–Crippen MR) is 342 cm³/mol. The summed E-state index contributed by atoms with van der Waals surface area (Å²) in [7, 11) is 0. The predicted octanol–water partition coefficient (Wildman–Crippen LogP) is 21.1. The average Bonchev–Trinajstić information content (AvgIpc) is 2.84. The maximum Gasteiger partial charge on any atom is 0.0714 e. The number of hydrogen-bond acceptors (Lipinski definition) is 1. The quantitative estimate of drug-likeness (QED) is 0.147. The molecule has 0 bridgehead atoms. The molecule has 1 atom stereocenters. The van der Waals surface area contributed by atoms with Crippen LogP contribution in [0.4, 0.5) is 17.1 Å². The third kappa shape index (κ3) is 7.65. The first kappa shape index (κ1) is 50.4. The SMILES string of the molecule is CC(C)(C)c1cccc(C2(c3cccc(C(C)(C)C)c3)c3ccccc3-c3ccc(N(c4ccc(-c5ccccc5-c5cccc6c5C(C)(C)c5ccccc5-6)cc4)c4ccc5c(c4)C(C)(c4ccccc4)c4ccccc4-5)cc32)c1. The molecular weight excluding hydrogens is 975 g/mol. The largest absolute Gasteiger partial charge is 0.310 e. The zero-order valence-corrected chi connectivity index (χ0v) is 48.2. The smallest absolute Gasteiger partial charge is 0.0714 e. The van der Waals surface area contributed by atoms with Crippen molar-refractivity contribution in [3.05, 3.63) is 316 Å². The fourth-order valence-corrected chi connectivity index (χ4v) is 14.6. The summed E-state index contributed by atoms with van der Waals surface area (Å²) in [6.07, 6.45) is 0. The van der Waals surface area contributed by atoms with E-state index in [9.17, 15) is 0 Å². The normalized spacial score (nSPS) is 16.0. The first-order chi connectivity index (χ1) is 39.1. The molecule has 11 aromatic rings. The maximum absolute atomic E-state index is 2.54. The molecule has 0 spiro atoms. The fraction of sp³-hybridized carbons (Fsp3) is 0.175. The van der Waals surface area contributed by atoms with Crippen LogP contribution >= 0.6 is 0 Å². The Morgan fingerprint density at radius 2 is 0.691 bits per heavy atom. The van der Waals surface area contributed by atoms with E-state index in [1.54, 1.807) is 0 Å². The number of hydrogen-bond donors (Lipinski definition) is 0. The van der Waals surface area contributed by atoms with E-state index in [1.165, 1.54) is 117 Å². The topological polar surface area (TPSA) is 3.24 Å². The molecule has 0 fully saturated rings. The van der Waals surface area contributed by atoms with E-state index >= 15 is 0 Å². The van der Waals surface area contributed by atoms with Gasteiger partial charge in [-0.3, -0.25) is 0 Å². The summed E-state index contributed by atoms with van der Waals surface area (Å²) in [5.74, 6) is 0. The zero-order valence-electron chi connectivity index (χ0n) is 48.2. The van der Waals surface area contributed by atoms with Crippen LogP contribution in [0.3, 0.4) is 0 Å². The molecule has 0 N–H and O–H groups in total. The van der Waals surface area contributed by atoms with Gasteiger partial charge in [-0.1, -0.05) is 274 Å². The van der Waals surface area contributed by atoms with E-state index < -0.39 is 5.41 Å². The monoisotopic (exact) mass is 1040 g/mol. The van der Waals surface area contributed by atoms with Gasteiger partial charge in [-0.25, -0.2) is 0 Å². The molecule has 14 rings (SSSR count). The van der Waals surface area contributed by atoms with Gasteiger partial charge in [0.15, 0.2) is 0 Å². The van der Waals surface area contributed by atoms with Crippen molar-refractivity contribution in [3.63, 3.8) is 0 Å². The van der Waals surface area contributed by atoms with Crippen molar-refractivity contribution in [2.24, 2.45) is 0 Å². The van der Waals surface area contributed by atoms with Crippen LogP contribution in [0, 0.1) is 0 Å².